The predicted molar refractivity (Wildman–Crippen MR) is 140 cm³/mol. The molecule has 0 unspecified atom stereocenters. The second kappa shape index (κ2) is 31.4. The Balaban J connectivity index is 0. The van der Waals surface area contributed by atoms with Gasteiger partial charge in [-0.05, 0) is 32.1 Å². The molecule has 0 aromatic carbocycles. The molecule has 0 atom stereocenters. The Morgan fingerprint density at radius 3 is 1.16 bits per heavy atom. The third kappa shape index (κ3) is 36.9. The molecule has 0 fully saturated rings. The number of hydrogen-bond acceptors (Lipinski definition) is 1. The second-order valence-electron chi connectivity index (χ2n) is 9.20. The maximum atomic E-state index is 10.3. The van der Waals surface area contributed by atoms with E-state index in [0.717, 1.165) is 12.8 Å². The molecular formula is C29H58O2. The van der Waals surface area contributed by atoms with E-state index in [1.54, 1.807) is 0 Å². The van der Waals surface area contributed by atoms with Crippen LogP contribution in [0.4, 0.5) is 0 Å². The number of unbranched alkanes of at least 4 members (excludes halogenated alkanes) is 19. The molecule has 0 aliphatic heterocycles. The Kier molecular flexibility index (Phi) is 32.8. The molecule has 0 rings (SSSR count). The van der Waals surface area contributed by atoms with E-state index >= 15 is 0 Å². The van der Waals surface area contributed by atoms with Crippen molar-refractivity contribution in [2.45, 2.75) is 168 Å². The Labute approximate surface area is 196 Å². The molecule has 1 N–H and O–H groups in total. The minimum atomic E-state index is -0.655. The average molecular weight is 439 g/mol. The number of carbonyl (C=O) groups is 1. The van der Waals surface area contributed by atoms with Gasteiger partial charge in [0.15, 0.2) is 0 Å². The molecule has 2 nitrogen and oxygen atoms in total. The third-order valence-electron chi connectivity index (χ3n) is 5.86. The minimum Gasteiger partial charge on any atom is -0.481 e. The first-order valence-corrected chi connectivity index (χ1v) is 14.1. The van der Waals surface area contributed by atoms with Gasteiger partial charge in [-0.1, -0.05) is 142 Å². The van der Waals surface area contributed by atoms with Crippen LogP contribution in [-0.4, -0.2) is 11.1 Å². The van der Waals surface area contributed by atoms with E-state index in [1.165, 1.54) is 128 Å². The van der Waals surface area contributed by atoms with Crippen LogP contribution in [-0.2, 0) is 4.79 Å². The molecule has 2 heteroatoms. The first-order valence-electron chi connectivity index (χ1n) is 14.1. The molecule has 31 heavy (non-hydrogen) atoms. The van der Waals surface area contributed by atoms with E-state index in [0.29, 0.717) is 6.42 Å². The zero-order valence-electron chi connectivity index (χ0n) is 21.8. The van der Waals surface area contributed by atoms with Crippen LogP contribution in [0, 0.1) is 0 Å². The molecule has 0 bridgehead atoms. The molecule has 0 heterocycles. The predicted octanol–water partition coefficient (Wildman–Crippen LogP) is 10.6. The van der Waals surface area contributed by atoms with Crippen LogP contribution >= 0.6 is 0 Å². The lowest BCUT2D eigenvalue weighted by atomic mass is 10.0. The van der Waals surface area contributed by atoms with Gasteiger partial charge in [0.05, 0.1) is 0 Å². The maximum Gasteiger partial charge on any atom is 0.303 e. The summed E-state index contributed by atoms with van der Waals surface area (Å²) in [5, 5.41) is 8.49. The summed E-state index contributed by atoms with van der Waals surface area (Å²) in [6, 6.07) is 0. The van der Waals surface area contributed by atoms with Crippen LogP contribution in [0.1, 0.15) is 168 Å². The van der Waals surface area contributed by atoms with Gasteiger partial charge < -0.3 is 5.11 Å². The number of allylic oxidation sites excluding steroid dienone is 2. The lowest BCUT2D eigenvalue weighted by Crippen LogP contribution is -1.93. The summed E-state index contributed by atoms with van der Waals surface area (Å²) >= 11 is 0. The quantitative estimate of drug-likeness (QED) is 0.127. The van der Waals surface area contributed by atoms with Crippen molar-refractivity contribution in [2.75, 3.05) is 0 Å². The lowest BCUT2D eigenvalue weighted by molar-refractivity contribution is -0.137. The lowest BCUT2D eigenvalue weighted by Gasteiger charge is -2.02. The fraction of sp³-hybridized carbons (Fsp3) is 0.897. The average Bonchev–Trinajstić information content (AvgIpc) is 2.76. The zero-order chi connectivity index (χ0) is 23.3. The van der Waals surface area contributed by atoms with E-state index in [4.69, 9.17) is 5.11 Å². The van der Waals surface area contributed by atoms with Crippen molar-refractivity contribution >= 4 is 5.97 Å². The number of hydrogen-bond donors (Lipinski definition) is 1. The van der Waals surface area contributed by atoms with Crippen molar-refractivity contribution in [3.8, 4) is 0 Å². The highest BCUT2D eigenvalue weighted by atomic mass is 16.4. The van der Waals surface area contributed by atoms with Crippen molar-refractivity contribution < 1.29 is 9.90 Å². The Bertz CT molecular complexity index is 349. The molecule has 0 amide bonds. The minimum absolute atomic E-state index is 0.345. The Morgan fingerprint density at radius 1 is 0.484 bits per heavy atom. The molecule has 0 saturated heterocycles. The van der Waals surface area contributed by atoms with Gasteiger partial charge in [0.25, 0.3) is 0 Å². The van der Waals surface area contributed by atoms with Crippen molar-refractivity contribution in [1.82, 2.24) is 0 Å². The zero-order valence-corrected chi connectivity index (χ0v) is 21.8. The highest BCUT2D eigenvalue weighted by Crippen LogP contribution is 2.12. The smallest absolute Gasteiger partial charge is 0.303 e. The van der Waals surface area contributed by atoms with Gasteiger partial charge in [-0.2, -0.15) is 0 Å². The number of rotatable bonds is 23. The Hall–Kier alpha value is -0.790. The molecule has 0 radical (unpaired) electrons. The van der Waals surface area contributed by atoms with Crippen LogP contribution < -0.4 is 0 Å². The number of carboxylic acids is 1. The highest BCUT2D eigenvalue weighted by molar-refractivity contribution is 5.66. The van der Waals surface area contributed by atoms with Gasteiger partial charge in [0.2, 0.25) is 0 Å². The SMILES string of the molecule is CCCCC/C=C/CCCCCC.CCCCCCCCCCCCCCCC(=O)O. The molecule has 0 spiro atoms. The van der Waals surface area contributed by atoms with Crippen LogP contribution in [0.5, 0.6) is 0 Å². The normalized spacial score (nSPS) is 10.9. The van der Waals surface area contributed by atoms with Gasteiger partial charge in [0, 0.05) is 6.42 Å². The van der Waals surface area contributed by atoms with Gasteiger partial charge in [-0.3, -0.25) is 4.79 Å². The van der Waals surface area contributed by atoms with Crippen molar-refractivity contribution in [3.05, 3.63) is 12.2 Å². The second-order valence-corrected chi connectivity index (χ2v) is 9.20. The fourth-order valence-corrected chi connectivity index (χ4v) is 3.73. The molecule has 0 saturated carbocycles. The summed E-state index contributed by atoms with van der Waals surface area (Å²) in [5.74, 6) is -0.655. The van der Waals surface area contributed by atoms with Crippen molar-refractivity contribution in [1.29, 1.82) is 0 Å². The van der Waals surface area contributed by atoms with Crippen LogP contribution in [0.15, 0.2) is 12.2 Å². The van der Waals surface area contributed by atoms with Gasteiger partial charge in [-0.15, -0.1) is 0 Å². The van der Waals surface area contributed by atoms with E-state index in [9.17, 15) is 4.79 Å². The molecule has 0 aliphatic rings. The van der Waals surface area contributed by atoms with Gasteiger partial charge >= 0.3 is 5.97 Å². The first-order chi connectivity index (χ1) is 15.2. The van der Waals surface area contributed by atoms with E-state index < -0.39 is 5.97 Å². The molecule has 0 aliphatic carbocycles. The summed E-state index contributed by atoms with van der Waals surface area (Å²) < 4.78 is 0. The molecule has 0 aromatic rings. The first kappa shape index (κ1) is 32.4. The summed E-state index contributed by atoms with van der Waals surface area (Å²) in [6.45, 7) is 6.78. The van der Waals surface area contributed by atoms with E-state index in [2.05, 4.69) is 32.9 Å². The van der Waals surface area contributed by atoms with Gasteiger partial charge in [0.1, 0.15) is 0 Å². The summed E-state index contributed by atoms with van der Waals surface area (Å²) in [5.41, 5.74) is 0. The third-order valence-corrected chi connectivity index (χ3v) is 5.86. The largest absolute Gasteiger partial charge is 0.481 e. The fourth-order valence-electron chi connectivity index (χ4n) is 3.73. The monoisotopic (exact) mass is 438 g/mol. The molecule has 186 valence electrons. The summed E-state index contributed by atoms with van der Waals surface area (Å²) in [7, 11) is 0. The van der Waals surface area contributed by atoms with E-state index in [-0.39, 0.29) is 0 Å². The summed E-state index contributed by atoms with van der Waals surface area (Å²) in [6.07, 6.45) is 34.2. The number of carboxylic acid groups (broad SMARTS) is 1. The van der Waals surface area contributed by atoms with Crippen LogP contribution in [0.25, 0.3) is 0 Å². The molecule has 0 aromatic heterocycles. The van der Waals surface area contributed by atoms with Gasteiger partial charge in [-0.25, -0.2) is 0 Å². The van der Waals surface area contributed by atoms with Crippen molar-refractivity contribution in [2.24, 2.45) is 0 Å². The van der Waals surface area contributed by atoms with Crippen LogP contribution in [0.3, 0.4) is 0 Å². The standard InChI is InChI=1S/C16H32O2.C13H26/c1-2-3-4-5-6-7-8-9-10-11-12-13-14-15-16(17)18;1-3-5-7-9-11-13-12-10-8-6-4-2/h2-15H2,1H3,(H,17,18);11,13H,3-10,12H2,1-2H3/b;13-11+. The van der Waals surface area contributed by atoms with Crippen molar-refractivity contribution in [3.63, 3.8) is 0 Å². The molecular weight excluding hydrogens is 380 g/mol. The Morgan fingerprint density at radius 2 is 0.774 bits per heavy atom. The van der Waals surface area contributed by atoms with E-state index in [1.807, 2.05) is 0 Å². The maximum absolute atomic E-state index is 10.3. The van der Waals surface area contributed by atoms with Crippen LogP contribution in [0.2, 0.25) is 0 Å². The number of aliphatic carboxylic acids is 1. The summed E-state index contributed by atoms with van der Waals surface area (Å²) in [4.78, 5) is 10.3. The topological polar surface area (TPSA) is 37.3 Å². The highest BCUT2D eigenvalue weighted by Gasteiger charge is 1.96.